The van der Waals surface area contributed by atoms with Crippen molar-refractivity contribution < 1.29 is 22.7 Å². The number of benzene rings is 1. The molecular weight excluding hydrogens is 440 g/mol. The quantitative estimate of drug-likeness (QED) is 0.325. The Hall–Kier alpha value is -1.93. The van der Waals surface area contributed by atoms with Crippen LogP contribution in [-0.2, 0) is 19.6 Å². The van der Waals surface area contributed by atoms with Crippen LogP contribution in [0, 0.1) is 5.92 Å². The van der Waals surface area contributed by atoms with Gasteiger partial charge in [-0.2, -0.15) is 4.31 Å². The van der Waals surface area contributed by atoms with Crippen LogP contribution < -0.4 is 0 Å². The third kappa shape index (κ3) is 7.27. The minimum atomic E-state index is -3.67. The first-order chi connectivity index (χ1) is 15.8. The Balaban J connectivity index is 2.02. The van der Waals surface area contributed by atoms with Gasteiger partial charge < -0.3 is 9.64 Å². The molecule has 0 saturated carbocycles. The van der Waals surface area contributed by atoms with Crippen LogP contribution in [-0.4, -0.2) is 61.8 Å². The van der Waals surface area contributed by atoms with Gasteiger partial charge in [0.25, 0.3) is 0 Å². The first kappa shape index (κ1) is 27.3. The molecule has 0 aliphatic carbocycles. The third-order valence-corrected chi connectivity index (χ3v) is 8.24. The van der Waals surface area contributed by atoms with Crippen molar-refractivity contribution in [3.63, 3.8) is 0 Å². The fourth-order valence-electron chi connectivity index (χ4n) is 4.36. The van der Waals surface area contributed by atoms with Crippen molar-refractivity contribution in [1.29, 1.82) is 0 Å². The number of amides is 1. The van der Waals surface area contributed by atoms with E-state index in [1.807, 2.05) is 4.90 Å². The average molecular weight is 481 g/mol. The molecule has 1 atom stereocenters. The maximum atomic E-state index is 13.3. The van der Waals surface area contributed by atoms with Crippen LogP contribution in [0.5, 0.6) is 0 Å². The van der Waals surface area contributed by atoms with Crippen molar-refractivity contribution in [3.05, 3.63) is 29.8 Å². The summed E-state index contributed by atoms with van der Waals surface area (Å²) >= 11 is 0. The molecule has 0 bridgehead atoms. The van der Waals surface area contributed by atoms with Gasteiger partial charge in [-0.25, -0.2) is 13.2 Å². The lowest BCUT2D eigenvalue weighted by atomic mass is 9.95. The van der Waals surface area contributed by atoms with Gasteiger partial charge in [-0.05, 0) is 63.8 Å². The SMILES string of the molecule is CCCCCN(C(=O)C1CCN(S(=O)(=O)c2ccc(C(=O)OCC)cc2)CC1)C(C)CCC. The summed E-state index contributed by atoms with van der Waals surface area (Å²) in [4.78, 5) is 27.3. The Morgan fingerprint density at radius 2 is 1.70 bits per heavy atom. The van der Waals surface area contributed by atoms with E-state index in [0.29, 0.717) is 31.5 Å². The lowest BCUT2D eigenvalue weighted by molar-refractivity contribution is -0.139. The van der Waals surface area contributed by atoms with Gasteiger partial charge in [0.05, 0.1) is 17.1 Å². The van der Waals surface area contributed by atoms with Gasteiger partial charge in [0.2, 0.25) is 15.9 Å². The standard InChI is InChI=1S/C25H40N2O5S/c1-5-8-9-17-27(20(4)10-6-2)24(28)21-15-18-26(19-16-21)33(30,31)23-13-11-22(12-14-23)25(29)32-7-3/h11-14,20-21H,5-10,15-19H2,1-4H3. The van der Waals surface area contributed by atoms with Gasteiger partial charge in [0, 0.05) is 31.6 Å². The zero-order chi connectivity index (χ0) is 24.4. The monoisotopic (exact) mass is 480 g/mol. The molecule has 1 aromatic carbocycles. The predicted octanol–water partition coefficient (Wildman–Crippen LogP) is 4.47. The second-order valence-corrected chi connectivity index (χ2v) is 10.7. The van der Waals surface area contributed by atoms with Crippen molar-refractivity contribution in [2.45, 2.75) is 83.6 Å². The number of esters is 1. The van der Waals surface area contributed by atoms with Gasteiger partial charge in [-0.3, -0.25) is 4.79 Å². The molecule has 0 radical (unpaired) electrons. The summed E-state index contributed by atoms with van der Waals surface area (Å²) in [5.74, 6) is -0.437. The molecule has 0 aromatic heterocycles. The maximum absolute atomic E-state index is 13.3. The minimum absolute atomic E-state index is 0.136. The highest BCUT2D eigenvalue weighted by molar-refractivity contribution is 7.89. The van der Waals surface area contributed by atoms with E-state index >= 15 is 0 Å². The van der Waals surface area contributed by atoms with Crippen LogP contribution >= 0.6 is 0 Å². The molecule has 1 saturated heterocycles. The van der Waals surface area contributed by atoms with E-state index in [0.717, 1.165) is 38.6 Å². The van der Waals surface area contributed by atoms with Crippen LogP contribution in [0.15, 0.2) is 29.2 Å². The first-order valence-electron chi connectivity index (χ1n) is 12.3. The second kappa shape index (κ2) is 13.1. The number of hydrogen-bond acceptors (Lipinski definition) is 5. The molecule has 186 valence electrons. The highest BCUT2D eigenvalue weighted by atomic mass is 32.2. The molecule has 2 rings (SSSR count). The molecule has 1 heterocycles. The van der Waals surface area contributed by atoms with E-state index in [4.69, 9.17) is 4.74 Å². The third-order valence-electron chi connectivity index (χ3n) is 6.33. The predicted molar refractivity (Wildman–Crippen MR) is 129 cm³/mol. The maximum Gasteiger partial charge on any atom is 0.338 e. The first-order valence-corrected chi connectivity index (χ1v) is 13.8. The Morgan fingerprint density at radius 1 is 1.06 bits per heavy atom. The molecular formula is C25H40N2O5S. The largest absolute Gasteiger partial charge is 0.462 e. The molecule has 1 aliphatic rings. The highest BCUT2D eigenvalue weighted by Crippen LogP contribution is 2.26. The van der Waals surface area contributed by atoms with E-state index < -0.39 is 16.0 Å². The van der Waals surface area contributed by atoms with Gasteiger partial charge in [0.15, 0.2) is 0 Å². The highest BCUT2D eigenvalue weighted by Gasteiger charge is 2.34. The number of piperidine rings is 1. The summed E-state index contributed by atoms with van der Waals surface area (Å²) in [5.41, 5.74) is 0.324. The molecule has 7 nitrogen and oxygen atoms in total. The Labute approximate surface area is 199 Å². The van der Waals surface area contributed by atoms with Gasteiger partial charge >= 0.3 is 5.97 Å². The number of carbonyl (C=O) groups excluding carboxylic acids is 2. The number of ether oxygens (including phenoxy) is 1. The van der Waals surface area contributed by atoms with Crippen molar-refractivity contribution in [3.8, 4) is 0 Å². The second-order valence-electron chi connectivity index (χ2n) is 8.80. The molecule has 8 heteroatoms. The summed E-state index contributed by atoms with van der Waals surface area (Å²) in [5, 5.41) is 0. The van der Waals surface area contributed by atoms with Crippen LogP contribution in [0.2, 0.25) is 0 Å². The van der Waals surface area contributed by atoms with E-state index in [1.54, 1.807) is 6.92 Å². The zero-order valence-corrected chi connectivity index (χ0v) is 21.4. The van der Waals surface area contributed by atoms with Crippen molar-refractivity contribution in [2.24, 2.45) is 5.92 Å². The van der Waals surface area contributed by atoms with Crippen molar-refractivity contribution in [2.75, 3.05) is 26.2 Å². The Bertz CT molecular complexity index is 861. The van der Waals surface area contributed by atoms with Gasteiger partial charge in [0.1, 0.15) is 0 Å². The topological polar surface area (TPSA) is 84.0 Å². The molecule has 0 N–H and O–H groups in total. The van der Waals surface area contributed by atoms with Crippen LogP contribution in [0.25, 0.3) is 0 Å². The number of rotatable bonds is 12. The van der Waals surface area contributed by atoms with E-state index in [2.05, 4.69) is 20.8 Å². The van der Waals surface area contributed by atoms with Gasteiger partial charge in [-0.15, -0.1) is 0 Å². The summed E-state index contributed by atoms with van der Waals surface area (Å²) in [7, 11) is -3.67. The number of sulfonamides is 1. The Morgan fingerprint density at radius 3 is 2.24 bits per heavy atom. The molecule has 1 unspecified atom stereocenters. The molecule has 1 fully saturated rings. The summed E-state index contributed by atoms with van der Waals surface area (Å²) in [6, 6.07) is 6.05. The normalized spacial score (nSPS) is 16.4. The van der Waals surface area contributed by atoms with E-state index in [9.17, 15) is 18.0 Å². The van der Waals surface area contributed by atoms with Crippen molar-refractivity contribution in [1.82, 2.24) is 9.21 Å². The lowest BCUT2D eigenvalue weighted by Gasteiger charge is -2.36. The fraction of sp³-hybridized carbons (Fsp3) is 0.680. The van der Waals surface area contributed by atoms with Crippen LogP contribution in [0.4, 0.5) is 0 Å². The summed E-state index contributed by atoms with van der Waals surface area (Å²) < 4.78 is 32.6. The van der Waals surface area contributed by atoms with Crippen LogP contribution in [0.3, 0.4) is 0 Å². The van der Waals surface area contributed by atoms with E-state index in [1.165, 1.54) is 28.6 Å². The number of nitrogens with zero attached hydrogens (tertiary/aromatic N) is 2. The number of hydrogen-bond donors (Lipinski definition) is 0. The smallest absolute Gasteiger partial charge is 0.338 e. The van der Waals surface area contributed by atoms with E-state index in [-0.39, 0.29) is 29.4 Å². The van der Waals surface area contributed by atoms with Crippen LogP contribution in [0.1, 0.15) is 83.0 Å². The summed E-state index contributed by atoms with van der Waals surface area (Å²) in [6.45, 7) is 9.81. The Kier molecular flexibility index (Phi) is 10.8. The zero-order valence-electron chi connectivity index (χ0n) is 20.6. The molecule has 0 spiro atoms. The average Bonchev–Trinajstić information content (AvgIpc) is 2.82. The molecule has 1 aromatic rings. The number of carbonyl (C=O) groups is 2. The fourth-order valence-corrected chi connectivity index (χ4v) is 5.83. The summed E-state index contributed by atoms with van der Waals surface area (Å²) in [6.07, 6.45) is 6.29. The van der Waals surface area contributed by atoms with Gasteiger partial charge in [-0.1, -0.05) is 33.1 Å². The van der Waals surface area contributed by atoms with Crippen molar-refractivity contribution >= 4 is 21.9 Å². The minimum Gasteiger partial charge on any atom is -0.462 e. The molecule has 1 aliphatic heterocycles. The molecule has 33 heavy (non-hydrogen) atoms. The lowest BCUT2D eigenvalue weighted by Crippen LogP contribution is -2.47. The molecule has 1 amide bonds. The number of unbranched alkanes of at least 4 members (excludes halogenated alkanes) is 2.